The van der Waals surface area contributed by atoms with Crippen molar-refractivity contribution < 1.29 is 0 Å². The molecule has 0 atom stereocenters. The number of nitrogens with zero attached hydrogens (tertiary/aromatic N) is 2. The molecule has 0 aliphatic heterocycles. The zero-order valence-electron chi connectivity index (χ0n) is 8.62. The largest absolute Gasteiger partial charge is 0.312 e. The number of benzene rings is 1. The number of hydrogen-bond donors (Lipinski definition) is 0. The summed E-state index contributed by atoms with van der Waals surface area (Å²) in [5, 5.41) is 0. The molecule has 0 spiro atoms. The van der Waals surface area contributed by atoms with Crippen LogP contribution in [-0.4, -0.2) is 0 Å². The van der Waals surface area contributed by atoms with Crippen LogP contribution in [0.1, 0.15) is 25.0 Å². The van der Waals surface area contributed by atoms with Crippen molar-refractivity contribution in [3.05, 3.63) is 58.2 Å². The van der Waals surface area contributed by atoms with Gasteiger partial charge in [0, 0.05) is 11.1 Å². The summed E-state index contributed by atoms with van der Waals surface area (Å²) in [6.45, 7) is 18.2. The number of rotatable bonds is 2. The standard InChI is InChI=1S/C10H8N2.C2H6/c1-11-7-9-3-5-10(6-4-9)8-12-2;1-2/h3-6H,7-8H2;1-2H3. The molecule has 1 rings (SSSR count). The van der Waals surface area contributed by atoms with Crippen molar-refractivity contribution in [1.82, 2.24) is 0 Å². The van der Waals surface area contributed by atoms with E-state index in [1.165, 1.54) is 0 Å². The zero-order valence-corrected chi connectivity index (χ0v) is 8.62. The summed E-state index contributed by atoms with van der Waals surface area (Å²) in [4.78, 5) is 6.54. The first-order valence-electron chi connectivity index (χ1n) is 4.61. The third-order valence-corrected chi connectivity index (χ3v) is 1.55. The van der Waals surface area contributed by atoms with E-state index < -0.39 is 0 Å². The second-order valence-corrected chi connectivity index (χ2v) is 2.45. The van der Waals surface area contributed by atoms with Crippen LogP contribution in [0.3, 0.4) is 0 Å². The van der Waals surface area contributed by atoms with E-state index >= 15 is 0 Å². The van der Waals surface area contributed by atoms with Crippen LogP contribution in [0.15, 0.2) is 24.3 Å². The van der Waals surface area contributed by atoms with Gasteiger partial charge in [-0.2, -0.15) is 0 Å². The van der Waals surface area contributed by atoms with Crippen LogP contribution in [0, 0.1) is 13.1 Å². The van der Waals surface area contributed by atoms with E-state index in [9.17, 15) is 0 Å². The molecule has 0 N–H and O–H groups in total. The van der Waals surface area contributed by atoms with Gasteiger partial charge in [0.15, 0.2) is 0 Å². The maximum Gasteiger partial charge on any atom is 0.239 e. The fourth-order valence-electron chi connectivity index (χ4n) is 0.933. The lowest BCUT2D eigenvalue weighted by atomic mass is 10.1. The van der Waals surface area contributed by atoms with Gasteiger partial charge in [-0.05, 0) is 0 Å². The highest BCUT2D eigenvalue weighted by Gasteiger charge is 1.96. The van der Waals surface area contributed by atoms with Crippen LogP contribution in [-0.2, 0) is 13.1 Å². The molecule has 0 aromatic heterocycles. The molecule has 0 radical (unpaired) electrons. The highest BCUT2D eigenvalue weighted by molar-refractivity contribution is 5.23. The van der Waals surface area contributed by atoms with Gasteiger partial charge in [-0.1, -0.05) is 38.1 Å². The molecule has 0 saturated carbocycles. The second kappa shape index (κ2) is 7.83. The quantitative estimate of drug-likeness (QED) is 0.624. The van der Waals surface area contributed by atoms with E-state index in [4.69, 9.17) is 13.1 Å². The molecule has 1 aromatic rings. The van der Waals surface area contributed by atoms with Crippen LogP contribution >= 0.6 is 0 Å². The van der Waals surface area contributed by atoms with Gasteiger partial charge in [-0.25, -0.2) is 13.1 Å². The smallest absolute Gasteiger partial charge is 0.239 e. The van der Waals surface area contributed by atoms with Gasteiger partial charge in [0.2, 0.25) is 13.1 Å². The molecule has 0 bridgehead atoms. The van der Waals surface area contributed by atoms with Gasteiger partial charge in [0.05, 0.1) is 0 Å². The fraction of sp³-hybridized carbons (Fsp3) is 0.333. The average molecular weight is 186 g/mol. The molecule has 2 nitrogen and oxygen atoms in total. The van der Waals surface area contributed by atoms with Gasteiger partial charge < -0.3 is 9.69 Å². The minimum atomic E-state index is 0.429. The van der Waals surface area contributed by atoms with Gasteiger partial charge in [-0.3, -0.25) is 0 Å². The maximum atomic E-state index is 6.65. The highest BCUT2D eigenvalue weighted by atomic mass is 14.6. The Morgan fingerprint density at radius 1 is 0.857 bits per heavy atom. The topological polar surface area (TPSA) is 8.72 Å². The molecular formula is C12H14N2. The van der Waals surface area contributed by atoms with Crippen LogP contribution < -0.4 is 0 Å². The third kappa shape index (κ3) is 4.28. The van der Waals surface area contributed by atoms with Gasteiger partial charge in [-0.15, -0.1) is 0 Å². The molecule has 72 valence electrons. The Bertz CT molecular complexity index is 290. The summed E-state index contributed by atoms with van der Waals surface area (Å²) in [5.74, 6) is 0. The Balaban J connectivity index is 0.000000791. The fourth-order valence-corrected chi connectivity index (χ4v) is 0.933. The first-order chi connectivity index (χ1) is 6.86. The second-order valence-electron chi connectivity index (χ2n) is 2.45. The Hall–Kier alpha value is -1.80. The average Bonchev–Trinajstić information content (AvgIpc) is 2.25. The van der Waals surface area contributed by atoms with E-state index in [-0.39, 0.29) is 0 Å². The summed E-state index contributed by atoms with van der Waals surface area (Å²) >= 11 is 0. The summed E-state index contributed by atoms with van der Waals surface area (Å²) in [5.41, 5.74) is 2.03. The van der Waals surface area contributed by atoms with Crippen molar-refractivity contribution in [3.8, 4) is 0 Å². The summed E-state index contributed by atoms with van der Waals surface area (Å²) in [6, 6.07) is 7.61. The molecule has 1 aromatic carbocycles. The van der Waals surface area contributed by atoms with Crippen LogP contribution in [0.25, 0.3) is 9.69 Å². The normalized spacial score (nSPS) is 7.71. The Morgan fingerprint density at radius 2 is 1.14 bits per heavy atom. The van der Waals surface area contributed by atoms with E-state index in [0.29, 0.717) is 13.1 Å². The van der Waals surface area contributed by atoms with Gasteiger partial charge >= 0.3 is 0 Å². The minimum absolute atomic E-state index is 0.429. The van der Waals surface area contributed by atoms with Crippen LogP contribution in [0.2, 0.25) is 0 Å². The first-order valence-corrected chi connectivity index (χ1v) is 4.61. The highest BCUT2D eigenvalue weighted by Crippen LogP contribution is 2.06. The van der Waals surface area contributed by atoms with Gasteiger partial charge in [0.1, 0.15) is 0 Å². The predicted molar refractivity (Wildman–Crippen MR) is 58.4 cm³/mol. The summed E-state index contributed by atoms with van der Waals surface area (Å²) in [7, 11) is 0. The van der Waals surface area contributed by atoms with E-state index in [0.717, 1.165) is 11.1 Å². The molecule has 0 aliphatic rings. The van der Waals surface area contributed by atoms with Crippen molar-refractivity contribution >= 4 is 0 Å². The molecule has 2 heteroatoms. The zero-order chi connectivity index (χ0) is 10.8. The Morgan fingerprint density at radius 3 is 1.36 bits per heavy atom. The van der Waals surface area contributed by atoms with Crippen molar-refractivity contribution in [1.29, 1.82) is 0 Å². The molecule has 0 heterocycles. The molecule has 14 heavy (non-hydrogen) atoms. The third-order valence-electron chi connectivity index (χ3n) is 1.55. The van der Waals surface area contributed by atoms with Crippen LogP contribution in [0.4, 0.5) is 0 Å². The van der Waals surface area contributed by atoms with Crippen molar-refractivity contribution in [3.63, 3.8) is 0 Å². The van der Waals surface area contributed by atoms with E-state index in [1.54, 1.807) is 0 Å². The van der Waals surface area contributed by atoms with Crippen LogP contribution in [0.5, 0.6) is 0 Å². The monoisotopic (exact) mass is 186 g/mol. The van der Waals surface area contributed by atoms with E-state index in [1.807, 2.05) is 38.1 Å². The predicted octanol–water partition coefficient (Wildman–Crippen LogP) is 3.55. The summed E-state index contributed by atoms with van der Waals surface area (Å²) < 4.78 is 0. The molecule has 0 saturated heterocycles. The van der Waals surface area contributed by atoms with Crippen molar-refractivity contribution in [2.24, 2.45) is 0 Å². The number of hydrogen-bond acceptors (Lipinski definition) is 0. The molecule has 0 amide bonds. The van der Waals surface area contributed by atoms with Gasteiger partial charge in [0.25, 0.3) is 0 Å². The van der Waals surface area contributed by atoms with Crippen molar-refractivity contribution in [2.45, 2.75) is 26.9 Å². The van der Waals surface area contributed by atoms with E-state index in [2.05, 4.69) is 9.69 Å². The molecule has 0 fully saturated rings. The SMILES string of the molecule is CC.[C-]#[N+]Cc1ccc(C[N+]#[C-])cc1. The molecule has 0 unspecified atom stereocenters. The lowest BCUT2D eigenvalue weighted by molar-refractivity contribution is 1.21. The Labute approximate surface area is 85.8 Å². The minimum Gasteiger partial charge on any atom is -0.312 e. The Kier molecular flexibility index (Phi) is 6.82. The summed E-state index contributed by atoms with van der Waals surface area (Å²) in [6.07, 6.45) is 0. The lowest BCUT2D eigenvalue weighted by Crippen LogP contribution is -1.82. The lowest BCUT2D eigenvalue weighted by Gasteiger charge is -1.92. The van der Waals surface area contributed by atoms with Crippen molar-refractivity contribution in [2.75, 3.05) is 0 Å². The maximum absolute atomic E-state index is 6.65. The molecular weight excluding hydrogens is 172 g/mol. The first kappa shape index (κ1) is 12.2. The molecule has 0 aliphatic carbocycles.